The van der Waals surface area contributed by atoms with Crippen LogP contribution in [0.4, 0.5) is 4.39 Å². The second-order valence-electron chi connectivity index (χ2n) is 4.61. The maximum atomic E-state index is 13.5. The molecule has 0 aliphatic rings. The molecule has 0 fully saturated rings. The Kier molecular flexibility index (Phi) is 3.18. The zero-order valence-electron chi connectivity index (χ0n) is 10.6. The van der Waals surface area contributed by atoms with E-state index in [9.17, 15) is 9.18 Å². The van der Waals surface area contributed by atoms with Crippen molar-refractivity contribution in [2.24, 2.45) is 0 Å². The minimum absolute atomic E-state index is 0.215. The number of benzene rings is 2. The van der Waals surface area contributed by atoms with Gasteiger partial charge in [0, 0.05) is 10.9 Å². The van der Waals surface area contributed by atoms with E-state index in [-0.39, 0.29) is 17.1 Å². The molecule has 0 saturated heterocycles. The van der Waals surface area contributed by atoms with Crippen LogP contribution in [0.15, 0.2) is 51.4 Å². The lowest BCUT2D eigenvalue weighted by molar-refractivity contribution is 0.101. The van der Waals surface area contributed by atoms with Crippen LogP contribution in [-0.4, -0.2) is 5.78 Å². The first kappa shape index (κ1) is 13.1. The van der Waals surface area contributed by atoms with E-state index in [1.165, 1.54) is 12.1 Å². The van der Waals surface area contributed by atoms with Crippen LogP contribution in [0.5, 0.6) is 0 Å². The van der Waals surface area contributed by atoms with Crippen molar-refractivity contribution in [2.45, 2.75) is 6.92 Å². The number of carbonyl (C=O) groups excluding carboxylic acids is 1. The van der Waals surface area contributed by atoms with Crippen molar-refractivity contribution in [3.05, 3.63) is 69.6 Å². The van der Waals surface area contributed by atoms with E-state index >= 15 is 0 Å². The Morgan fingerprint density at radius 2 is 1.95 bits per heavy atom. The molecule has 3 aromatic rings. The predicted molar refractivity (Wildman–Crippen MR) is 78.5 cm³/mol. The molecule has 0 bridgehead atoms. The number of aryl methyl sites for hydroxylation is 1. The average Bonchev–Trinajstić information content (AvgIpc) is 2.84. The number of hydrogen-bond donors (Lipinski definition) is 0. The Labute approximate surface area is 123 Å². The summed E-state index contributed by atoms with van der Waals surface area (Å²) in [5.74, 6) is -0.583. The maximum absolute atomic E-state index is 13.5. The van der Waals surface area contributed by atoms with E-state index in [0.717, 1.165) is 10.9 Å². The van der Waals surface area contributed by atoms with Crippen molar-refractivity contribution in [3.8, 4) is 0 Å². The van der Waals surface area contributed by atoms with Crippen LogP contribution in [0.25, 0.3) is 11.0 Å². The van der Waals surface area contributed by atoms with Gasteiger partial charge < -0.3 is 4.42 Å². The molecule has 0 spiro atoms. The quantitative estimate of drug-likeness (QED) is 0.626. The van der Waals surface area contributed by atoms with E-state index in [1.54, 1.807) is 12.1 Å². The normalized spacial score (nSPS) is 10.9. The number of ketones is 1. The van der Waals surface area contributed by atoms with Gasteiger partial charge in [0.2, 0.25) is 5.78 Å². The lowest BCUT2D eigenvalue weighted by Gasteiger charge is -1.99. The molecule has 2 aromatic carbocycles. The molecule has 2 nitrogen and oxygen atoms in total. The van der Waals surface area contributed by atoms with Crippen LogP contribution in [0.2, 0.25) is 0 Å². The zero-order valence-corrected chi connectivity index (χ0v) is 12.2. The molecule has 0 saturated carbocycles. The van der Waals surface area contributed by atoms with Gasteiger partial charge in [-0.15, -0.1) is 0 Å². The summed E-state index contributed by atoms with van der Waals surface area (Å²) < 4.78 is 19.3. The minimum atomic E-state index is -0.470. The minimum Gasteiger partial charge on any atom is -0.453 e. The molecular formula is C16H10BrFO2. The van der Waals surface area contributed by atoms with Crippen LogP contribution in [0.3, 0.4) is 0 Å². The van der Waals surface area contributed by atoms with Gasteiger partial charge in [-0.1, -0.05) is 11.6 Å². The van der Waals surface area contributed by atoms with E-state index in [2.05, 4.69) is 15.9 Å². The summed E-state index contributed by atoms with van der Waals surface area (Å²) in [4.78, 5) is 12.3. The van der Waals surface area contributed by atoms with Gasteiger partial charge in [0.15, 0.2) is 5.76 Å². The van der Waals surface area contributed by atoms with Crippen LogP contribution >= 0.6 is 15.9 Å². The third-order valence-electron chi connectivity index (χ3n) is 3.08. The molecule has 20 heavy (non-hydrogen) atoms. The zero-order chi connectivity index (χ0) is 14.3. The molecule has 0 amide bonds. The maximum Gasteiger partial charge on any atom is 0.228 e. The van der Waals surface area contributed by atoms with Gasteiger partial charge in [0.25, 0.3) is 0 Å². The molecule has 0 unspecified atom stereocenters. The molecule has 3 rings (SSSR count). The molecule has 0 N–H and O–H groups in total. The van der Waals surface area contributed by atoms with Crippen LogP contribution < -0.4 is 0 Å². The third kappa shape index (κ3) is 2.27. The lowest BCUT2D eigenvalue weighted by atomic mass is 10.1. The standard InChI is InChI=1S/C16H10BrFO2/c1-9-2-5-14-11(6-9)8-15(20-14)16(19)10-3-4-12(17)13(18)7-10/h2-8H,1H3. The van der Waals surface area contributed by atoms with E-state index < -0.39 is 5.82 Å². The first-order chi connectivity index (χ1) is 9.54. The van der Waals surface area contributed by atoms with Gasteiger partial charge in [-0.2, -0.15) is 0 Å². The van der Waals surface area contributed by atoms with Crippen molar-refractivity contribution in [1.29, 1.82) is 0 Å². The highest BCUT2D eigenvalue weighted by atomic mass is 79.9. The van der Waals surface area contributed by atoms with Crippen LogP contribution in [-0.2, 0) is 0 Å². The molecule has 1 aromatic heterocycles. The smallest absolute Gasteiger partial charge is 0.228 e. The predicted octanol–water partition coefficient (Wildman–Crippen LogP) is 4.87. The lowest BCUT2D eigenvalue weighted by Crippen LogP contribution is -2.00. The van der Waals surface area contributed by atoms with E-state index in [4.69, 9.17) is 4.42 Å². The Bertz CT molecular complexity index is 820. The fourth-order valence-electron chi connectivity index (χ4n) is 2.05. The second-order valence-corrected chi connectivity index (χ2v) is 5.46. The van der Waals surface area contributed by atoms with Gasteiger partial charge in [0.05, 0.1) is 4.47 Å². The topological polar surface area (TPSA) is 30.2 Å². The fourth-order valence-corrected chi connectivity index (χ4v) is 2.30. The van der Waals surface area contributed by atoms with Crippen LogP contribution in [0, 0.1) is 12.7 Å². The molecule has 0 atom stereocenters. The average molecular weight is 333 g/mol. The first-order valence-electron chi connectivity index (χ1n) is 6.04. The van der Waals surface area contributed by atoms with Crippen molar-refractivity contribution in [3.63, 3.8) is 0 Å². The van der Waals surface area contributed by atoms with Crippen molar-refractivity contribution in [2.75, 3.05) is 0 Å². The molecule has 0 aliphatic heterocycles. The van der Waals surface area contributed by atoms with E-state index in [0.29, 0.717) is 10.1 Å². The summed E-state index contributed by atoms with van der Waals surface area (Å²) in [5.41, 5.74) is 2.00. The summed E-state index contributed by atoms with van der Waals surface area (Å²) in [6, 6.07) is 11.6. The highest BCUT2D eigenvalue weighted by Gasteiger charge is 2.16. The molecular weight excluding hydrogens is 323 g/mol. The highest BCUT2D eigenvalue weighted by molar-refractivity contribution is 9.10. The van der Waals surface area contributed by atoms with Crippen molar-refractivity contribution >= 4 is 32.7 Å². The fraction of sp³-hybridized carbons (Fsp3) is 0.0625. The Morgan fingerprint density at radius 1 is 1.15 bits per heavy atom. The molecule has 100 valence electrons. The van der Waals surface area contributed by atoms with Crippen LogP contribution in [0.1, 0.15) is 21.7 Å². The number of halogens is 2. The molecule has 4 heteroatoms. The number of furan rings is 1. The number of rotatable bonds is 2. The van der Waals surface area contributed by atoms with Gasteiger partial charge in [-0.05, 0) is 59.3 Å². The molecule has 0 radical (unpaired) electrons. The Morgan fingerprint density at radius 3 is 2.70 bits per heavy atom. The number of fused-ring (bicyclic) bond motifs is 1. The highest BCUT2D eigenvalue weighted by Crippen LogP contribution is 2.24. The molecule has 1 heterocycles. The largest absolute Gasteiger partial charge is 0.453 e. The number of carbonyl (C=O) groups is 1. The summed E-state index contributed by atoms with van der Waals surface area (Å²) in [7, 11) is 0. The number of hydrogen-bond acceptors (Lipinski definition) is 2. The Hall–Kier alpha value is -1.94. The van der Waals surface area contributed by atoms with E-state index in [1.807, 2.05) is 25.1 Å². The Balaban J connectivity index is 2.05. The summed E-state index contributed by atoms with van der Waals surface area (Å²) in [6.07, 6.45) is 0. The van der Waals surface area contributed by atoms with Gasteiger partial charge in [-0.3, -0.25) is 4.79 Å². The SMILES string of the molecule is Cc1ccc2oc(C(=O)c3ccc(Br)c(F)c3)cc2c1. The second kappa shape index (κ2) is 4.87. The van der Waals surface area contributed by atoms with Gasteiger partial charge in [0.1, 0.15) is 11.4 Å². The summed E-state index contributed by atoms with van der Waals surface area (Å²) in [5, 5.41) is 0.867. The van der Waals surface area contributed by atoms with Crippen molar-refractivity contribution < 1.29 is 13.6 Å². The van der Waals surface area contributed by atoms with Gasteiger partial charge >= 0.3 is 0 Å². The van der Waals surface area contributed by atoms with Gasteiger partial charge in [-0.25, -0.2) is 4.39 Å². The summed E-state index contributed by atoms with van der Waals surface area (Å²) >= 11 is 3.06. The first-order valence-corrected chi connectivity index (χ1v) is 6.84. The molecule has 0 aliphatic carbocycles. The third-order valence-corrected chi connectivity index (χ3v) is 3.72. The monoisotopic (exact) mass is 332 g/mol. The van der Waals surface area contributed by atoms with Crippen molar-refractivity contribution in [1.82, 2.24) is 0 Å². The summed E-state index contributed by atoms with van der Waals surface area (Å²) in [6.45, 7) is 1.97.